The molecule has 0 aliphatic carbocycles. The Morgan fingerprint density at radius 3 is 2.61 bits per heavy atom. The Bertz CT molecular complexity index is 402. The van der Waals surface area contributed by atoms with Gasteiger partial charge in [-0.1, -0.05) is 6.07 Å². The maximum Gasteiger partial charge on any atom is 0.248 e. The van der Waals surface area contributed by atoms with E-state index in [1.54, 1.807) is 4.90 Å². The van der Waals surface area contributed by atoms with Gasteiger partial charge in [-0.2, -0.15) is 0 Å². The van der Waals surface area contributed by atoms with E-state index in [1.165, 1.54) is 5.56 Å². The lowest BCUT2D eigenvalue weighted by molar-refractivity contribution is -0.135. The quantitative estimate of drug-likeness (QED) is 0.623. The molecule has 0 spiro atoms. The maximum absolute atomic E-state index is 11.3. The minimum atomic E-state index is -0.388. The lowest BCUT2D eigenvalue weighted by Gasteiger charge is -2.34. The number of aromatic nitrogens is 1. The van der Waals surface area contributed by atoms with Gasteiger partial charge >= 0.3 is 0 Å². The zero-order chi connectivity index (χ0) is 13.0. The summed E-state index contributed by atoms with van der Waals surface area (Å²) in [5, 5.41) is 8.80. The van der Waals surface area contributed by atoms with E-state index in [-0.39, 0.29) is 12.5 Å². The lowest BCUT2D eigenvalue weighted by Crippen LogP contribution is -2.49. The van der Waals surface area contributed by atoms with Crippen molar-refractivity contribution in [2.24, 2.45) is 0 Å². The molecule has 0 radical (unpaired) electrons. The van der Waals surface area contributed by atoms with Crippen molar-refractivity contribution in [1.82, 2.24) is 14.8 Å². The largest absolute Gasteiger partial charge is 0.387 e. The lowest BCUT2D eigenvalue weighted by atomic mass is 10.2. The van der Waals surface area contributed by atoms with Gasteiger partial charge in [0.2, 0.25) is 5.91 Å². The summed E-state index contributed by atoms with van der Waals surface area (Å²) < 4.78 is 0.995. The molecule has 0 bridgehead atoms. The number of nitrogens with zero attached hydrogens (tertiary/aromatic N) is 3. The Kier molecular flexibility index (Phi) is 4.90. The summed E-state index contributed by atoms with van der Waals surface area (Å²) in [5.41, 5.74) is 1.19. The standard InChI is InChI=1S/C12H16IN3O2/c13-11-2-1-10(7-14-11)8-15-3-5-16(6-4-15)12(18)9-17/h1-2,7,17H,3-6,8-9H2. The SMILES string of the molecule is O=C(CO)N1CCN(Cc2ccc(I)nc2)CC1. The average Bonchev–Trinajstić information content (AvgIpc) is 2.41. The number of hydrogen-bond acceptors (Lipinski definition) is 4. The van der Waals surface area contributed by atoms with Crippen LogP contribution in [-0.4, -0.2) is 58.6 Å². The van der Waals surface area contributed by atoms with Crippen molar-refractivity contribution in [1.29, 1.82) is 0 Å². The first-order valence-corrected chi connectivity index (χ1v) is 6.98. The second-order valence-corrected chi connectivity index (χ2v) is 5.41. The van der Waals surface area contributed by atoms with Crippen LogP contribution >= 0.6 is 22.6 Å². The third-order valence-corrected chi connectivity index (χ3v) is 3.69. The van der Waals surface area contributed by atoms with E-state index < -0.39 is 0 Å². The summed E-state index contributed by atoms with van der Waals surface area (Å²) in [6.45, 7) is 3.55. The molecule has 98 valence electrons. The second-order valence-electron chi connectivity index (χ2n) is 4.30. The number of aliphatic hydroxyl groups excluding tert-OH is 1. The summed E-state index contributed by atoms with van der Waals surface area (Å²) in [4.78, 5) is 19.6. The summed E-state index contributed by atoms with van der Waals surface area (Å²) in [6.07, 6.45) is 1.90. The number of amides is 1. The van der Waals surface area contributed by atoms with E-state index >= 15 is 0 Å². The second kappa shape index (κ2) is 6.44. The first kappa shape index (κ1) is 13.7. The van der Waals surface area contributed by atoms with Gasteiger partial charge in [0.25, 0.3) is 0 Å². The first-order chi connectivity index (χ1) is 8.69. The number of halogens is 1. The van der Waals surface area contributed by atoms with E-state index in [0.717, 1.165) is 23.3 Å². The highest BCUT2D eigenvalue weighted by Gasteiger charge is 2.20. The number of aliphatic hydroxyl groups is 1. The van der Waals surface area contributed by atoms with Crippen LogP contribution in [0.3, 0.4) is 0 Å². The number of hydrogen-bond donors (Lipinski definition) is 1. The highest BCUT2D eigenvalue weighted by Crippen LogP contribution is 2.09. The fourth-order valence-corrected chi connectivity index (χ4v) is 2.33. The Morgan fingerprint density at radius 1 is 1.33 bits per heavy atom. The average molecular weight is 361 g/mol. The smallest absolute Gasteiger partial charge is 0.248 e. The van der Waals surface area contributed by atoms with Crippen molar-refractivity contribution in [3.8, 4) is 0 Å². The molecule has 0 unspecified atom stereocenters. The summed E-state index contributed by atoms with van der Waals surface area (Å²) in [5.74, 6) is -0.175. The van der Waals surface area contributed by atoms with Gasteiger partial charge in [0.1, 0.15) is 10.3 Å². The molecular formula is C12H16IN3O2. The number of rotatable bonds is 3. The van der Waals surface area contributed by atoms with Crippen molar-refractivity contribution >= 4 is 28.5 Å². The minimum absolute atomic E-state index is 0.175. The zero-order valence-corrected chi connectivity index (χ0v) is 12.2. The Morgan fingerprint density at radius 2 is 2.06 bits per heavy atom. The van der Waals surface area contributed by atoms with Gasteiger partial charge in [0, 0.05) is 38.9 Å². The van der Waals surface area contributed by atoms with Crippen LogP contribution < -0.4 is 0 Å². The van der Waals surface area contributed by atoms with Crippen LogP contribution in [0.15, 0.2) is 18.3 Å². The maximum atomic E-state index is 11.3. The molecule has 1 saturated heterocycles. The molecule has 1 amide bonds. The van der Waals surface area contributed by atoms with Crippen molar-refractivity contribution < 1.29 is 9.90 Å². The predicted octanol–water partition coefficient (Wildman–Crippen LogP) is 0.323. The molecule has 1 aromatic heterocycles. The molecule has 1 aliphatic rings. The minimum Gasteiger partial charge on any atom is -0.387 e. The Balaban J connectivity index is 1.83. The van der Waals surface area contributed by atoms with Crippen LogP contribution in [0.4, 0.5) is 0 Å². The van der Waals surface area contributed by atoms with Crippen molar-refractivity contribution in [2.75, 3.05) is 32.8 Å². The number of pyridine rings is 1. The van der Waals surface area contributed by atoms with Crippen LogP contribution in [0, 0.1) is 3.70 Å². The third kappa shape index (κ3) is 3.63. The molecule has 5 nitrogen and oxygen atoms in total. The van der Waals surface area contributed by atoms with Crippen molar-refractivity contribution in [3.05, 3.63) is 27.6 Å². The molecule has 0 saturated carbocycles. The molecule has 2 heterocycles. The summed E-state index contributed by atoms with van der Waals surface area (Å²) >= 11 is 2.19. The highest BCUT2D eigenvalue weighted by molar-refractivity contribution is 14.1. The van der Waals surface area contributed by atoms with Crippen LogP contribution in [-0.2, 0) is 11.3 Å². The molecule has 0 atom stereocenters. The fourth-order valence-electron chi connectivity index (χ4n) is 2.01. The van der Waals surface area contributed by atoms with Gasteiger partial charge < -0.3 is 10.0 Å². The molecule has 1 aromatic rings. The van der Waals surface area contributed by atoms with Gasteiger partial charge in [0.05, 0.1) is 0 Å². The topological polar surface area (TPSA) is 56.7 Å². The molecule has 6 heteroatoms. The van der Waals surface area contributed by atoms with Gasteiger partial charge in [0.15, 0.2) is 0 Å². The van der Waals surface area contributed by atoms with E-state index in [1.807, 2.05) is 12.3 Å². The molecule has 0 aromatic carbocycles. The summed E-state index contributed by atoms with van der Waals surface area (Å²) in [6, 6.07) is 4.08. The van der Waals surface area contributed by atoms with Crippen LogP contribution in [0.2, 0.25) is 0 Å². The van der Waals surface area contributed by atoms with E-state index in [4.69, 9.17) is 5.11 Å². The normalized spacial score (nSPS) is 16.9. The molecular weight excluding hydrogens is 345 g/mol. The molecule has 1 N–H and O–H groups in total. The molecule has 1 fully saturated rings. The zero-order valence-electron chi connectivity index (χ0n) is 10.0. The van der Waals surface area contributed by atoms with E-state index in [2.05, 4.69) is 38.5 Å². The molecule has 18 heavy (non-hydrogen) atoms. The van der Waals surface area contributed by atoms with Crippen LogP contribution in [0.25, 0.3) is 0 Å². The fraction of sp³-hybridized carbons (Fsp3) is 0.500. The van der Waals surface area contributed by atoms with E-state index in [9.17, 15) is 4.79 Å². The van der Waals surface area contributed by atoms with Crippen molar-refractivity contribution in [2.45, 2.75) is 6.54 Å². The van der Waals surface area contributed by atoms with Gasteiger partial charge in [-0.05, 0) is 34.2 Å². The van der Waals surface area contributed by atoms with Crippen LogP contribution in [0.1, 0.15) is 5.56 Å². The first-order valence-electron chi connectivity index (χ1n) is 5.90. The van der Waals surface area contributed by atoms with Gasteiger partial charge in [-0.3, -0.25) is 14.7 Å². The predicted molar refractivity (Wildman–Crippen MR) is 75.9 cm³/mol. The number of carbonyl (C=O) groups is 1. The Labute approximate surface area is 120 Å². The highest BCUT2D eigenvalue weighted by atomic mass is 127. The number of carbonyl (C=O) groups excluding carboxylic acids is 1. The van der Waals surface area contributed by atoms with Crippen LogP contribution in [0.5, 0.6) is 0 Å². The van der Waals surface area contributed by atoms with Gasteiger partial charge in [-0.25, -0.2) is 0 Å². The molecule has 1 aliphatic heterocycles. The van der Waals surface area contributed by atoms with Crippen molar-refractivity contribution in [3.63, 3.8) is 0 Å². The number of piperazine rings is 1. The summed E-state index contributed by atoms with van der Waals surface area (Å²) in [7, 11) is 0. The Hall–Kier alpha value is -0.730. The third-order valence-electron chi connectivity index (χ3n) is 3.06. The van der Waals surface area contributed by atoms with E-state index in [0.29, 0.717) is 13.1 Å². The molecule has 2 rings (SSSR count). The monoisotopic (exact) mass is 361 g/mol. The van der Waals surface area contributed by atoms with Gasteiger partial charge in [-0.15, -0.1) is 0 Å².